The molecule has 1 aromatic carbocycles. The number of halogens is 1. The Bertz CT molecular complexity index is 521. The van der Waals surface area contributed by atoms with Crippen molar-refractivity contribution in [2.75, 3.05) is 26.7 Å². The minimum Gasteiger partial charge on any atom is -0.497 e. The molecule has 0 N–H and O–H groups in total. The van der Waals surface area contributed by atoms with E-state index in [9.17, 15) is 4.79 Å². The zero-order chi connectivity index (χ0) is 14.7. The summed E-state index contributed by atoms with van der Waals surface area (Å²) in [7, 11) is 1.64. The number of piperidine rings is 3. The number of nitrogens with zero attached hydrogens (tertiary/aromatic N) is 1. The molecule has 22 heavy (non-hydrogen) atoms. The van der Waals surface area contributed by atoms with Gasteiger partial charge in [-0.1, -0.05) is 12.1 Å². The molecule has 1 atom stereocenters. The van der Waals surface area contributed by atoms with Crippen LogP contribution in [0, 0.1) is 5.92 Å². The Kier molecular flexibility index (Phi) is 5.86. The number of methoxy groups -OCH3 is 1. The van der Waals surface area contributed by atoms with E-state index in [4.69, 9.17) is 9.47 Å². The maximum atomic E-state index is 11.9. The second kappa shape index (κ2) is 7.65. The molecule has 1 unspecified atom stereocenters. The van der Waals surface area contributed by atoms with E-state index in [0.717, 1.165) is 43.8 Å². The summed E-state index contributed by atoms with van der Waals surface area (Å²) in [6.07, 6.45) is 5.67. The van der Waals surface area contributed by atoms with Gasteiger partial charge in [-0.3, -0.25) is 4.90 Å². The number of fused-ring (bicyclic) bond motifs is 3. The molecule has 0 radical (unpaired) electrons. The lowest BCUT2D eigenvalue weighted by Gasteiger charge is -2.43. The molecule has 0 spiro atoms. The monoisotopic (exact) mass is 323 g/mol. The van der Waals surface area contributed by atoms with Crippen molar-refractivity contribution in [3.05, 3.63) is 35.9 Å². The summed E-state index contributed by atoms with van der Waals surface area (Å²) in [6, 6.07) is 7.57. The topological polar surface area (TPSA) is 38.8 Å². The van der Waals surface area contributed by atoms with Crippen LogP contribution in [0.25, 0.3) is 6.08 Å². The Labute approximate surface area is 137 Å². The first-order chi connectivity index (χ1) is 10.2. The number of benzene rings is 1. The summed E-state index contributed by atoms with van der Waals surface area (Å²) >= 11 is 0. The van der Waals surface area contributed by atoms with Gasteiger partial charge in [0.1, 0.15) is 11.9 Å². The Morgan fingerprint density at radius 2 is 1.91 bits per heavy atom. The lowest BCUT2D eigenvalue weighted by Crippen LogP contribution is -2.51. The summed E-state index contributed by atoms with van der Waals surface area (Å²) in [6.45, 7) is 3.20. The molecule has 1 aromatic rings. The molecule has 3 aliphatic rings. The van der Waals surface area contributed by atoms with Crippen LogP contribution in [0.3, 0.4) is 0 Å². The zero-order valence-corrected chi connectivity index (χ0v) is 13.6. The third kappa shape index (κ3) is 4.02. The SMILES string of the molecule is COc1ccc(/C=C/C(=O)OC2CN3CCC2CC3)cc1.Cl. The summed E-state index contributed by atoms with van der Waals surface area (Å²) in [5, 5.41) is 0. The number of carbonyl (C=O) groups is 1. The molecule has 120 valence electrons. The van der Waals surface area contributed by atoms with E-state index in [-0.39, 0.29) is 24.5 Å². The summed E-state index contributed by atoms with van der Waals surface area (Å²) in [5.74, 6) is 1.11. The predicted molar refractivity (Wildman–Crippen MR) is 88.3 cm³/mol. The van der Waals surface area contributed by atoms with Gasteiger partial charge in [0.05, 0.1) is 7.11 Å². The predicted octanol–water partition coefficient (Wildman–Crippen LogP) is 2.77. The standard InChI is InChI=1S/C17H21NO3.ClH/c1-20-15-5-2-13(3-6-15)4-7-17(19)21-16-12-18-10-8-14(16)9-11-18;/h2-7,14,16H,8-12H2,1H3;1H/b7-4+;. The van der Waals surface area contributed by atoms with E-state index in [1.807, 2.05) is 24.3 Å². The molecular formula is C17H22ClNO3. The molecule has 4 nitrogen and oxygen atoms in total. The first-order valence-electron chi connectivity index (χ1n) is 7.50. The highest BCUT2D eigenvalue weighted by atomic mass is 35.5. The van der Waals surface area contributed by atoms with Crippen LogP contribution in [0.2, 0.25) is 0 Å². The van der Waals surface area contributed by atoms with Gasteiger partial charge in [-0.25, -0.2) is 4.79 Å². The fourth-order valence-electron chi connectivity index (χ4n) is 3.11. The maximum absolute atomic E-state index is 11.9. The highest BCUT2D eigenvalue weighted by Crippen LogP contribution is 2.29. The molecule has 0 aromatic heterocycles. The van der Waals surface area contributed by atoms with Crippen LogP contribution in [0.5, 0.6) is 5.75 Å². The zero-order valence-electron chi connectivity index (χ0n) is 12.7. The Balaban J connectivity index is 0.00000176. The first-order valence-corrected chi connectivity index (χ1v) is 7.50. The van der Waals surface area contributed by atoms with Gasteiger partial charge in [-0.2, -0.15) is 0 Å². The van der Waals surface area contributed by atoms with Crippen molar-refractivity contribution >= 4 is 24.5 Å². The number of rotatable bonds is 4. The number of hydrogen-bond acceptors (Lipinski definition) is 4. The van der Waals surface area contributed by atoms with Crippen molar-refractivity contribution in [2.24, 2.45) is 5.92 Å². The highest BCUT2D eigenvalue weighted by molar-refractivity contribution is 5.87. The Morgan fingerprint density at radius 1 is 1.23 bits per heavy atom. The molecule has 2 bridgehead atoms. The summed E-state index contributed by atoms with van der Waals surface area (Å²) < 4.78 is 10.7. The fraction of sp³-hybridized carbons (Fsp3) is 0.471. The normalized spacial score (nSPS) is 26.5. The smallest absolute Gasteiger partial charge is 0.331 e. The summed E-state index contributed by atoms with van der Waals surface area (Å²) in [4.78, 5) is 14.3. The fourth-order valence-corrected chi connectivity index (χ4v) is 3.11. The third-order valence-corrected chi connectivity index (χ3v) is 4.39. The van der Waals surface area contributed by atoms with Gasteiger partial charge >= 0.3 is 5.97 Å². The number of ether oxygens (including phenoxy) is 2. The third-order valence-electron chi connectivity index (χ3n) is 4.39. The van der Waals surface area contributed by atoms with Gasteiger partial charge in [0, 0.05) is 12.6 Å². The van der Waals surface area contributed by atoms with Crippen molar-refractivity contribution in [1.29, 1.82) is 0 Å². The van der Waals surface area contributed by atoms with Crippen LogP contribution >= 0.6 is 12.4 Å². The van der Waals surface area contributed by atoms with E-state index in [1.54, 1.807) is 13.2 Å². The summed E-state index contributed by atoms with van der Waals surface area (Å²) in [5.41, 5.74) is 0.960. The van der Waals surface area contributed by atoms with Crippen LogP contribution < -0.4 is 4.74 Å². The van der Waals surface area contributed by atoms with Crippen LogP contribution in [-0.2, 0) is 9.53 Å². The van der Waals surface area contributed by atoms with E-state index >= 15 is 0 Å². The van der Waals surface area contributed by atoms with E-state index in [1.165, 1.54) is 6.08 Å². The first kappa shape index (κ1) is 16.8. The minimum atomic E-state index is -0.246. The van der Waals surface area contributed by atoms with Crippen LogP contribution in [0.15, 0.2) is 30.3 Å². The van der Waals surface area contributed by atoms with Crippen molar-refractivity contribution in [3.8, 4) is 5.75 Å². The van der Waals surface area contributed by atoms with Gasteiger partial charge in [0.15, 0.2) is 0 Å². The molecule has 3 fully saturated rings. The van der Waals surface area contributed by atoms with Crippen LogP contribution in [0.1, 0.15) is 18.4 Å². The molecule has 3 heterocycles. The number of carbonyl (C=O) groups excluding carboxylic acids is 1. The highest BCUT2D eigenvalue weighted by Gasteiger charge is 2.36. The van der Waals surface area contributed by atoms with Crippen molar-refractivity contribution in [2.45, 2.75) is 18.9 Å². The molecule has 0 aliphatic carbocycles. The Hall–Kier alpha value is -1.52. The van der Waals surface area contributed by atoms with Gasteiger partial charge < -0.3 is 9.47 Å². The Morgan fingerprint density at radius 3 is 2.45 bits per heavy atom. The van der Waals surface area contributed by atoms with Gasteiger partial charge in [-0.15, -0.1) is 12.4 Å². The molecule has 4 rings (SSSR count). The second-order valence-corrected chi connectivity index (χ2v) is 5.72. The molecule has 3 saturated heterocycles. The van der Waals surface area contributed by atoms with Crippen molar-refractivity contribution in [3.63, 3.8) is 0 Å². The lowest BCUT2D eigenvalue weighted by atomic mass is 9.86. The average molecular weight is 324 g/mol. The number of esters is 1. The van der Waals surface area contributed by atoms with E-state index in [0.29, 0.717) is 5.92 Å². The van der Waals surface area contributed by atoms with Gasteiger partial charge in [0.2, 0.25) is 0 Å². The van der Waals surface area contributed by atoms with E-state index < -0.39 is 0 Å². The van der Waals surface area contributed by atoms with Crippen molar-refractivity contribution in [1.82, 2.24) is 4.90 Å². The minimum absolute atomic E-state index is 0. The van der Waals surface area contributed by atoms with Crippen molar-refractivity contribution < 1.29 is 14.3 Å². The lowest BCUT2D eigenvalue weighted by molar-refractivity contribution is -0.152. The molecule has 0 amide bonds. The largest absolute Gasteiger partial charge is 0.497 e. The van der Waals surface area contributed by atoms with Gasteiger partial charge in [0.25, 0.3) is 0 Å². The van der Waals surface area contributed by atoms with Crippen LogP contribution in [0.4, 0.5) is 0 Å². The molecule has 3 aliphatic heterocycles. The second-order valence-electron chi connectivity index (χ2n) is 5.72. The average Bonchev–Trinajstić information content (AvgIpc) is 2.54. The van der Waals surface area contributed by atoms with Crippen LogP contribution in [-0.4, -0.2) is 43.7 Å². The quantitative estimate of drug-likeness (QED) is 0.631. The van der Waals surface area contributed by atoms with Gasteiger partial charge in [-0.05, 0) is 55.6 Å². The maximum Gasteiger partial charge on any atom is 0.331 e. The molecular weight excluding hydrogens is 302 g/mol. The number of hydrogen-bond donors (Lipinski definition) is 0. The van der Waals surface area contributed by atoms with E-state index in [2.05, 4.69) is 4.90 Å². The molecule has 5 heteroatoms. The molecule has 0 saturated carbocycles.